The van der Waals surface area contributed by atoms with Crippen LogP contribution in [0.25, 0.3) is 0 Å². The van der Waals surface area contributed by atoms with E-state index in [1.165, 1.54) is 6.42 Å². The minimum atomic E-state index is -0.464. The lowest BCUT2D eigenvalue weighted by molar-refractivity contribution is -0.136. The number of likely N-dealkylation sites (tertiary alicyclic amines) is 1. The van der Waals surface area contributed by atoms with Crippen LogP contribution in [0.4, 0.5) is 0 Å². The second-order valence-corrected chi connectivity index (χ2v) is 8.21. The summed E-state index contributed by atoms with van der Waals surface area (Å²) in [5.74, 6) is 0.230. The van der Waals surface area contributed by atoms with E-state index in [-0.39, 0.29) is 18.3 Å². The first-order valence-corrected chi connectivity index (χ1v) is 9.27. The van der Waals surface area contributed by atoms with Crippen molar-refractivity contribution in [3.05, 3.63) is 33.8 Å². The van der Waals surface area contributed by atoms with Crippen molar-refractivity contribution in [1.29, 1.82) is 0 Å². The van der Waals surface area contributed by atoms with Gasteiger partial charge in [-0.1, -0.05) is 29.3 Å². The van der Waals surface area contributed by atoms with E-state index in [2.05, 4.69) is 10.2 Å². The van der Waals surface area contributed by atoms with Crippen molar-refractivity contribution < 1.29 is 4.79 Å². The molecule has 0 atom stereocenters. The van der Waals surface area contributed by atoms with Crippen LogP contribution in [-0.2, 0) is 10.2 Å². The highest BCUT2D eigenvalue weighted by Crippen LogP contribution is 2.54. The van der Waals surface area contributed by atoms with Crippen LogP contribution in [0.3, 0.4) is 0 Å². The van der Waals surface area contributed by atoms with E-state index in [4.69, 9.17) is 23.2 Å². The van der Waals surface area contributed by atoms with E-state index in [0.717, 1.165) is 57.4 Å². The molecule has 3 fully saturated rings. The summed E-state index contributed by atoms with van der Waals surface area (Å²) < 4.78 is 0. The third kappa shape index (κ3) is 2.94. The topological polar surface area (TPSA) is 32.3 Å². The van der Waals surface area contributed by atoms with Crippen LogP contribution in [0, 0.1) is 5.41 Å². The standard InChI is InChI=1S/C18H22Cl2N2O.ClH/c19-13-2-1-3-14(20)15(13)18(4-5-18)16(23)22-10-7-17(8-11-22)6-9-21-12-17;/h1-3,21H,4-12H2;1H. The molecule has 1 spiro atoms. The van der Waals surface area contributed by atoms with E-state index in [1.807, 2.05) is 18.2 Å². The monoisotopic (exact) mass is 388 g/mol. The van der Waals surface area contributed by atoms with Gasteiger partial charge in [0.1, 0.15) is 0 Å². The van der Waals surface area contributed by atoms with Crippen molar-refractivity contribution in [3.63, 3.8) is 0 Å². The van der Waals surface area contributed by atoms with E-state index in [9.17, 15) is 4.79 Å². The molecule has 3 aliphatic rings. The minimum Gasteiger partial charge on any atom is -0.342 e. The number of halogens is 3. The Hall–Kier alpha value is -0.480. The van der Waals surface area contributed by atoms with Gasteiger partial charge in [-0.2, -0.15) is 0 Å². The SMILES string of the molecule is Cl.O=C(N1CCC2(CCNC2)CC1)C1(c2c(Cl)cccc2Cl)CC1. The molecule has 1 amide bonds. The fraction of sp³-hybridized carbons (Fsp3) is 0.611. The highest BCUT2D eigenvalue weighted by Gasteiger charge is 2.55. The Morgan fingerprint density at radius 1 is 1.04 bits per heavy atom. The Labute approximate surface area is 159 Å². The zero-order chi connectivity index (χ0) is 16.1. The molecule has 1 aliphatic carbocycles. The molecular weight excluding hydrogens is 367 g/mol. The lowest BCUT2D eigenvalue weighted by Gasteiger charge is -2.40. The molecule has 2 aliphatic heterocycles. The summed E-state index contributed by atoms with van der Waals surface area (Å²) in [6.45, 7) is 3.96. The van der Waals surface area contributed by atoms with Gasteiger partial charge in [-0.15, -0.1) is 12.4 Å². The van der Waals surface area contributed by atoms with Crippen LogP contribution in [0.5, 0.6) is 0 Å². The minimum absolute atomic E-state index is 0. The lowest BCUT2D eigenvalue weighted by atomic mass is 9.77. The molecule has 1 saturated carbocycles. The predicted molar refractivity (Wildman–Crippen MR) is 100 cm³/mol. The summed E-state index contributed by atoms with van der Waals surface area (Å²) in [4.78, 5) is 15.2. The fourth-order valence-corrected chi connectivity index (χ4v) is 5.12. The Kier molecular flexibility index (Phi) is 5.10. The largest absolute Gasteiger partial charge is 0.342 e. The van der Waals surface area contributed by atoms with Crippen LogP contribution in [0.2, 0.25) is 10.0 Å². The number of amides is 1. The number of nitrogens with one attached hydrogen (secondary N) is 1. The number of carbonyl (C=O) groups is 1. The molecule has 24 heavy (non-hydrogen) atoms. The van der Waals surface area contributed by atoms with Crippen molar-refractivity contribution in [2.75, 3.05) is 26.2 Å². The normalized spacial score (nSPS) is 23.8. The van der Waals surface area contributed by atoms with Gasteiger partial charge in [0.15, 0.2) is 0 Å². The van der Waals surface area contributed by atoms with E-state index in [1.54, 1.807) is 0 Å². The van der Waals surface area contributed by atoms with E-state index in [0.29, 0.717) is 15.5 Å². The zero-order valence-corrected chi connectivity index (χ0v) is 15.9. The van der Waals surface area contributed by atoms with Gasteiger partial charge in [0.2, 0.25) is 5.91 Å². The molecule has 1 aromatic carbocycles. The Bertz CT molecular complexity index is 609. The van der Waals surface area contributed by atoms with Gasteiger partial charge in [0, 0.05) is 35.2 Å². The summed E-state index contributed by atoms with van der Waals surface area (Å²) in [5, 5.41) is 4.72. The fourth-order valence-electron chi connectivity index (χ4n) is 4.36. The molecule has 0 unspecified atom stereocenters. The van der Waals surface area contributed by atoms with Gasteiger partial charge in [0.05, 0.1) is 5.41 Å². The molecule has 0 radical (unpaired) electrons. The first-order valence-electron chi connectivity index (χ1n) is 8.51. The van der Waals surface area contributed by atoms with Crippen LogP contribution in [-0.4, -0.2) is 37.0 Å². The van der Waals surface area contributed by atoms with Gasteiger partial charge in [-0.05, 0) is 56.2 Å². The second-order valence-electron chi connectivity index (χ2n) is 7.40. The number of carbonyl (C=O) groups excluding carboxylic acids is 1. The third-order valence-electron chi connectivity index (χ3n) is 6.04. The average Bonchev–Trinajstić information content (AvgIpc) is 3.22. The molecule has 6 heteroatoms. The molecular formula is C18H23Cl3N2O. The number of hydrogen-bond acceptors (Lipinski definition) is 2. The smallest absolute Gasteiger partial charge is 0.233 e. The summed E-state index contributed by atoms with van der Waals surface area (Å²) in [6, 6.07) is 5.52. The lowest BCUT2D eigenvalue weighted by Crippen LogP contribution is -2.47. The van der Waals surface area contributed by atoms with Crippen LogP contribution >= 0.6 is 35.6 Å². The quantitative estimate of drug-likeness (QED) is 0.827. The van der Waals surface area contributed by atoms with Gasteiger partial charge >= 0.3 is 0 Å². The van der Waals surface area contributed by atoms with Gasteiger partial charge in [-0.3, -0.25) is 4.79 Å². The highest BCUT2D eigenvalue weighted by atomic mass is 35.5. The molecule has 1 N–H and O–H groups in total. The number of rotatable bonds is 2. The molecule has 2 saturated heterocycles. The van der Waals surface area contributed by atoms with E-state index >= 15 is 0 Å². The summed E-state index contributed by atoms with van der Waals surface area (Å²) in [5.41, 5.74) is 0.805. The zero-order valence-electron chi connectivity index (χ0n) is 13.6. The van der Waals surface area contributed by atoms with Crippen molar-refractivity contribution >= 4 is 41.5 Å². The first-order chi connectivity index (χ1) is 11.1. The Morgan fingerprint density at radius 3 is 2.17 bits per heavy atom. The number of hydrogen-bond donors (Lipinski definition) is 1. The van der Waals surface area contributed by atoms with Crippen molar-refractivity contribution in [1.82, 2.24) is 10.2 Å². The maximum absolute atomic E-state index is 13.2. The molecule has 1 aromatic rings. The highest BCUT2D eigenvalue weighted by molar-refractivity contribution is 6.36. The Balaban J connectivity index is 0.00000169. The van der Waals surface area contributed by atoms with Crippen molar-refractivity contribution in [3.8, 4) is 0 Å². The maximum atomic E-state index is 13.2. The van der Waals surface area contributed by atoms with E-state index < -0.39 is 5.41 Å². The van der Waals surface area contributed by atoms with Crippen LogP contribution < -0.4 is 5.32 Å². The number of benzene rings is 1. The van der Waals surface area contributed by atoms with Gasteiger partial charge in [0.25, 0.3) is 0 Å². The number of nitrogens with zero attached hydrogens (tertiary/aromatic N) is 1. The third-order valence-corrected chi connectivity index (χ3v) is 6.67. The molecule has 2 heterocycles. The second kappa shape index (κ2) is 6.68. The summed E-state index contributed by atoms with van der Waals surface area (Å²) in [6.07, 6.45) is 5.18. The van der Waals surface area contributed by atoms with Gasteiger partial charge in [-0.25, -0.2) is 0 Å². The average molecular weight is 390 g/mol. The van der Waals surface area contributed by atoms with Crippen LogP contribution in [0.15, 0.2) is 18.2 Å². The predicted octanol–water partition coefficient (Wildman–Crippen LogP) is 4.05. The molecule has 132 valence electrons. The van der Waals surface area contributed by atoms with Crippen molar-refractivity contribution in [2.24, 2.45) is 5.41 Å². The number of piperidine rings is 1. The molecule has 0 bridgehead atoms. The van der Waals surface area contributed by atoms with Crippen LogP contribution in [0.1, 0.15) is 37.7 Å². The molecule has 3 nitrogen and oxygen atoms in total. The first kappa shape index (κ1) is 18.3. The molecule has 4 rings (SSSR count). The summed E-state index contributed by atoms with van der Waals surface area (Å²) in [7, 11) is 0. The summed E-state index contributed by atoms with van der Waals surface area (Å²) >= 11 is 12.7. The molecule has 0 aromatic heterocycles. The maximum Gasteiger partial charge on any atom is 0.233 e. The van der Waals surface area contributed by atoms with Crippen molar-refractivity contribution in [2.45, 2.75) is 37.5 Å². The Morgan fingerprint density at radius 2 is 1.67 bits per heavy atom. The van der Waals surface area contributed by atoms with Gasteiger partial charge < -0.3 is 10.2 Å².